The van der Waals surface area contributed by atoms with E-state index in [0.717, 1.165) is 0 Å². The van der Waals surface area contributed by atoms with E-state index in [1.165, 1.54) is 32.1 Å². The Hall–Kier alpha value is -1.18. The molecule has 2 atom stereocenters. The van der Waals surface area contributed by atoms with Crippen molar-refractivity contribution < 1.29 is 19.1 Å². The number of carbonyl (C=O) groups is 2. The van der Waals surface area contributed by atoms with Gasteiger partial charge in [0.05, 0.1) is 25.4 Å². The van der Waals surface area contributed by atoms with Crippen LogP contribution in [-0.2, 0) is 19.1 Å². The van der Waals surface area contributed by atoms with Crippen molar-refractivity contribution >= 4 is 11.8 Å². The fourth-order valence-electron chi connectivity index (χ4n) is 3.87. The molecule has 0 bridgehead atoms. The summed E-state index contributed by atoms with van der Waals surface area (Å²) in [4.78, 5) is 27.2. The third-order valence-corrected chi connectivity index (χ3v) is 5.60. The van der Waals surface area contributed by atoms with Gasteiger partial charge in [-0.1, -0.05) is 19.3 Å². The fourth-order valence-corrected chi connectivity index (χ4v) is 3.87. The SMILES string of the molecule is CC(C)(C)OCC(NC(=O)CC[C@H](N)C1CCCCC1)C(=O)N1CCOCC1. The van der Waals surface area contributed by atoms with Crippen LogP contribution in [0.3, 0.4) is 0 Å². The number of hydrogen-bond acceptors (Lipinski definition) is 5. The summed E-state index contributed by atoms with van der Waals surface area (Å²) in [6.45, 7) is 8.14. The highest BCUT2D eigenvalue weighted by molar-refractivity contribution is 5.87. The Labute approximate surface area is 169 Å². The molecule has 2 aliphatic rings. The summed E-state index contributed by atoms with van der Waals surface area (Å²) < 4.78 is 11.1. The molecule has 0 aromatic heterocycles. The first-order valence-corrected chi connectivity index (χ1v) is 10.8. The van der Waals surface area contributed by atoms with E-state index in [9.17, 15) is 9.59 Å². The van der Waals surface area contributed by atoms with E-state index >= 15 is 0 Å². The second kappa shape index (κ2) is 11.1. The van der Waals surface area contributed by atoms with Crippen LogP contribution in [0.1, 0.15) is 65.7 Å². The zero-order valence-corrected chi connectivity index (χ0v) is 17.9. The van der Waals surface area contributed by atoms with Gasteiger partial charge in [0.25, 0.3) is 0 Å². The first-order valence-electron chi connectivity index (χ1n) is 10.8. The molecule has 7 heteroatoms. The minimum absolute atomic E-state index is 0.0604. The predicted molar refractivity (Wildman–Crippen MR) is 109 cm³/mol. The third kappa shape index (κ3) is 8.05. The summed E-state index contributed by atoms with van der Waals surface area (Å²) in [7, 11) is 0. The minimum atomic E-state index is -0.671. The Balaban J connectivity index is 1.86. The van der Waals surface area contributed by atoms with Crippen molar-refractivity contribution in [1.82, 2.24) is 10.2 Å². The summed E-state index contributed by atoms with van der Waals surface area (Å²) >= 11 is 0. The van der Waals surface area contributed by atoms with E-state index in [2.05, 4.69) is 5.32 Å². The molecule has 0 aromatic carbocycles. The van der Waals surface area contributed by atoms with Crippen LogP contribution in [0.15, 0.2) is 0 Å². The highest BCUT2D eigenvalue weighted by Gasteiger charge is 2.29. The quantitative estimate of drug-likeness (QED) is 0.652. The number of carbonyl (C=O) groups excluding carboxylic acids is 2. The number of nitrogens with one attached hydrogen (secondary N) is 1. The van der Waals surface area contributed by atoms with Crippen LogP contribution in [0.2, 0.25) is 0 Å². The Morgan fingerprint density at radius 1 is 1.18 bits per heavy atom. The van der Waals surface area contributed by atoms with Gasteiger partial charge in [0, 0.05) is 25.6 Å². The monoisotopic (exact) mass is 397 g/mol. The molecular formula is C21H39N3O4. The maximum absolute atomic E-state index is 12.9. The van der Waals surface area contributed by atoms with Gasteiger partial charge in [-0.25, -0.2) is 0 Å². The Morgan fingerprint density at radius 2 is 1.82 bits per heavy atom. The van der Waals surface area contributed by atoms with Gasteiger partial charge in [0.15, 0.2) is 0 Å². The molecule has 28 heavy (non-hydrogen) atoms. The molecule has 2 fully saturated rings. The molecule has 1 saturated carbocycles. The first-order chi connectivity index (χ1) is 13.3. The summed E-state index contributed by atoms with van der Waals surface area (Å²) in [5.74, 6) is 0.296. The highest BCUT2D eigenvalue weighted by atomic mass is 16.5. The molecule has 1 aliphatic heterocycles. The number of nitrogens with two attached hydrogens (primary N) is 1. The smallest absolute Gasteiger partial charge is 0.247 e. The lowest BCUT2D eigenvalue weighted by atomic mass is 9.82. The van der Waals surface area contributed by atoms with Crippen LogP contribution in [-0.4, -0.2) is 67.3 Å². The van der Waals surface area contributed by atoms with Gasteiger partial charge in [-0.3, -0.25) is 9.59 Å². The standard InChI is InChI=1S/C21H39N3O4/c1-21(2,3)28-15-18(20(26)24-11-13-27-14-12-24)23-19(25)10-9-17(22)16-7-5-4-6-8-16/h16-18H,4-15,22H2,1-3H3,(H,23,25)/t17-,18?/m0/s1. The van der Waals surface area contributed by atoms with E-state index in [1.807, 2.05) is 20.8 Å². The average molecular weight is 398 g/mol. The van der Waals surface area contributed by atoms with Gasteiger partial charge in [-0.15, -0.1) is 0 Å². The first kappa shape index (κ1) is 23.1. The number of ether oxygens (including phenoxy) is 2. The average Bonchev–Trinajstić information content (AvgIpc) is 2.69. The zero-order chi connectivity index (χ0) is 20.6. The molecule has 3 N–H and O–H groups in total. The van der Waals surface area contributed by atoms with Crippen molar-refractivity contribution in [3.8, 4) is 0 Å². The molecule has 162 valence electrons. The molecule has 7 nitrogen and oxygen atoms in total. The molecule has 1 heterocycles. The Bertz CT molecular complexity index is 494. The van der Waals surface area contributed by atoms with Crippen LogP contribution in [0.25, 0.3) is 0 Å². The van der Waals surface area contributed by atoms with Crippen LogP contribution < -0.4 is 11.1 Å². The number of morpholine rings is 1. The van der Waals surface area contributed by atoms with Gasteiger partial charge < -0.3 is 25.4 Å². The lowest BCUT2D eigenvalue weighted by molar-refractivity contribution is -0.143. The normalized spacial score (nSPS) is 21.2. The largest absolute Gasteiger partial charge is 0.378 e. The van der Waals surface area contributed by atoms with Crippen LogP contribution in [0.5, 0.6) is 0 Å². The van der Waals surface area contributed by atoms with Crippen molar-refractivity contribution in [2.75, 3.05) is 32.9 Å². The second-order valence-corrected chi connectivity index (χ2v) is 9.08. The van der Waals surface area contributed by atoms with Crippen LogP contribution >= 0.6 is 0 Å². The maximum Gasteiger partial charge on any atom is 0.247 e. The Kier molecular flexibility index (Phi) is 9.18. The lowest BCUT2D eigenvalue weighted by Gasteiger charge is -2.32. The van der Waals surface area contributed by atoms with Gasteiger partial charge in [-0.05, 0) is 46.0 Å². The van der Waals surface area contributed by atoms with Crippen LogP contribution in [0, 0.1) is 5.92 Å². The Morgan fingerprint density at radius 3 is 2.43 bits per heavy atom. The van der Waals surface area contributed by atoms with E-state index in [-0.39, 0.29) is 30.1 Å². The van der Waals surface area contributed by atoms with Crippen molar-refractivity contribution in [3.05, 3.63) is 0 Å². The van der Waals surface area contributed by atoms with Crippen molar-refractivity contribution in [3.63, 3.8) is 0 Å². The topological polar surface area (TPSA) is 93.9 Å². The molecule has 2 rings (SSSR count). The minimum Gasteiger partial charge on any atom is -0.378 e. The van der Waals surface area contributed by atoms with Crippen LogP contribution in [0.4, 0.5) is 0 Å². The second-order valence-electron chi connectivity index (χ2n) is 9.08. The van der Waals surface area contributed by atoms with E-state index < -0.39 is 6.04 Å². The number of hydrogen-bond donors (Lipinski definition) is 2. The highest BCUT2D eigenvalue weighted by Crippen LogP contribution is 2.27. The summed E-state index contributed by atoms with van der Waals surface area (Å²) in [5.41, 5.74) is 5.95. The third-order valence-electron chi connectivity index (χ3n) is 5.60. The van der Waals surface area contributed by atoms with E-state index in [1.54, 1.807) is 4.90 Å². The molecule has 0 spiro atoms. The molecule has 1 aliphatic carbocycles. The van der Waals surface area contributed by atoms with Gasteiger partial charge in [-0.2, -0.15) is 0 Å². The summed E-state index contributed by atoms with van der Waals surface area (Å²) in [5, 5.41) is 2.89. The fraction of sp³-hybridized carbons (Fsp3) is 0.905. The van der Waals surface area contributed by atoms with Crippen molar-refractivity contribution in [2.45, 2.75) is 83.4 Å². The zero-order valence-electron chi connectivity index (χ0n) is 17.9. The molecule has 0 aromatic rings. The van der Waals surface area contributed by atoms with Gasteiger partial charge in [0.2, 0.25) is 11.8 Å². The molecule has 1 saturated heterocycles. The summed E-state index contributed by atoms with van der Waals surface area (Å²) in [6.07, 6.45) is 7.12. The maximum atomic E-state index is 12.9. The number of amides is 2. The molecule has 1 unspecified atom stereocenters. The molecular weight excluding hydrogens is 358 g/mol. The molecule has 0 radical (unpaired) electrons. The summed E-state index contributed by atoms with van der Waals surface area (Å²) in [6, 6.07) is -0.610. The van der Waals surface area contributed by atoms with E-state index in [0.29, 0.717) is 45.1 Å². The van der Waals surface area contributed by atoms with Gasteiger partial charge in [0.1, 0.15) is 6.04 Å². The van der Waals surface area contributed by atoms with Gasteiger partial charge >= 0.3 is 0 Å². The predicted octanol–water partition coefficient (Wildman–Crippen LogP) is 1.83. The number of rotatable bonds is 8. The lowest BCUT2D eigenvalue weighted by Crippen LogP contribution is -2.54. The van der Waals surface area contributed by atoms with E-state index in [4.69, 9.17) is 15.2 Å². The molecule has 2 amide bonds. The number of nitrogens with zero attached hydrogens (tertiary/aromatic N) is 1. The van der Waals surface area contributed by atoms with Crippen molar-refractivity contribution in [1.29, 1.82) is 0 Å². The van der Waals surface area contributed by atoms with Crippen molar-refractivity contribution in [2.24, 2.45) is 11.7 Å².